The standard InChI is InChI=1S/C18H13ClO/c19-16-9-10-17(20)18-14-6-5-11-3-1-2-4-12(11)13(14)7-8-15(16)18/h1-8,16H,9-10H2. The molecule has 1 aliphatic rings. The SMILES string of the molecule is O=C1CCC(Cl)c2ccc3c(ccc4ccccc43)c21. The molecular formula is C18H13ClO. The molecule has 3 aromatic rings. The highest BCUT2D eigenvalue weighted by atomic mass is 35.5. The molecule has 98 valence electrons. The highest BCUT2D eigenvalue weighted by Gasteiger charge is 2.26. The summed E-state index contributed by atoms with van der Waals surface area (Å²) in [6.45, 7) is 0. The van der Waals surface area contributed by atoms with Gasteiger partial charge in [0.25, 0.3) is 0 Å². The smallest absolute Gasteiger partial charge is 0.163 e. The van der Waals surface area contributed by atoms with E-state index in [1.807, 2.05) is 18.2 Å². The summed E-state index contributed by atoms with van der Waals surface area (Å²) < 4.78 is 0. The zero-order valence-corrected chi connectivity index (χ0v) is 11.7. The monoisotopic (exact) mass is 280 g/mol. The van der Waals surface area contributed by atoms with Crippen molar-refractivity contribution in [2.45, 2.75) is 18.2 Å². The summed E-state index contributed by atoms with van der Waals surface area (Å²) in [5, 5.41) is 4.53. The second-order valence-corrected chi connectivity index (χ2v) is 5.87. The minimum absolute atomic E-state index is 0.0430. The maximum atomic E-state index is 12.3. The first-order valence-corrected chi connectivity index (χ1v) is 7.31. The molecule has 2 heteroatoms. The molecule has 3 aromatic carbocycles. The average molecular weight is 281 g/mol. The fourth-order valence-corrected chi connectivity index (χ4v) is 3.51. The summed E-state index contributed by atoms with van der Waals surface area (Å²) in [4.78, 5) is 12.3. The topological polar surface area (TPSA) is 17.1 Å². The second-order valence-electron chi connectivity index (χ2n) is 5.34. The molecule has 0 aliphatic heterocycles. The van der Waals surface area contributed by atoms with Crippen molar-refractivity contribution in [3.63, 3.8) is 0 Å². The van der Waals surface area contributed by atoms with Gasteiger partial charge in [0, 0.05) is 12.0 Å². The van der Waals surface area contributed by atoms with Crippen LogP contribution in [0.15, 0.2) is 48.5 Å². The van der Waals surface area contributed by atoms with Crippen LogP contribution in [0.3, 0.4) is 0 Å². The van der Waals surface area contributed by atoms with Gasteiger partial charge in [0.1, 0.15) is 0 Å². The summed E-state index contributed by atoms with van der Waals surface area (Å²) in [7, 11) is 0. The molecule has 0 fully saturated rings. The zero-order valence-electron chi connectivity index (χ0n) is 10.9. The lowest BCUT2D eigenvalue weighted by Gasteiger charge is -2.21. The van der Waals surface area contributed by atoms with E-state index in [1.165, 1.54) is 10.8 Å². The van der Waals surface area contributed by atoms with Crippen molar-refractivity contribution in [3.8, 4) is 0 Å². The minimum atomic E-state index is -0.0430. The van der Waals surface area contributed by atoms with E-state index < -0.39 is 0 Å². The Hall–Kier alpha value is -1.86. The molecule has 1 aliphatic carbocycles. The molecular weight excluding hydrogens is 268 g/mol. The van der Waals surface area contributed by atoms with Crippen molar-refractivity contribution >= 4 is 38.9 Å². The Labute approximate surface area is 122 Å². The molecule has 0 saturated heterocycles. The normalized spacial score (nSPS) is 18.4. The third-order valence-corrected chi connectivity index (χ3v) is 4.65. The first kappa shape index (κ1) is 11.9. The van der Waals surface area contributed by atoms with Gasteiger partial charge in [0.2, 0.25) is 0 Å². The van der Waals surface area contributed by atoms with Crippen molar-refractivity contribution in [3.05, 3.63) is 59.7 Å². The number of benzene rings is 3. The van der Waals surface area contributed by atoms with Gasteiger partial charge >= 0.3 is 0 Å². The fourth-order valence-electron chi connectivity index (χ4n) is 3.22. The lowest BCUT2D eigenvalue weighted by Crippen LogP contribution is -2.13. The van der Waals surface area contributed by atoms with Gasteiger partial charge in [-0.05, 0) is 33.5 Å². The van der Waals surface area contributed by atoms with Gasteiger partial charge in [-0.3, -0.25) is 4.79 Å². The predicted octanol–water partition coefficient (Wildman–Crippen LogP) is 5.25. The Kier molecular flexibility index (Phi) is 2.58. The Balaban J connectivity index is 2.17. The van der Waals surface area contributed by atoms with E-state index in [4.69, 9.17) is 11.6 Å². The van der Waals surface area contributed by atoms with E-state index in [9.17, 15) is 4.79 Å². The van der Waals surface area contributed by atoms with Crippen molar-refractivity contribution < 1.29 is 4.79 Å². The highest BCUT2D eigenvalue weighted by Crippen LogP contribution is 2.39. The number of hydrogen-bond acceptors (Lipinski definition) is 1. The van der Waals surface area contributed by atoms with Gasteiger partial charge in [-0.1, -0.05) is 48.5 Å². The Morgan fingerprint density at radius 1 is 0.900 bits per heavy atom. The number of fused-ring (bicyclic) bond motifs is 5. The summed E-state index contributed by atoms with van der Waals surface area (Å²) >= 11 is 6.38. The molecule has 0 heterocycles. The van der Waals surface area contributed by atoms with Gasteiger partial charge in [-0.15, -0.1) is 11.6 Å². The van der Waals surface area contributed by atoms with Gasteiger partial charge in [0.15, 0.2) is 5.78 Å². The van der Waals surface area contributed by atoms with Crippen LogP contribution in [-0.4, -0.2) is 5.78 Å². The maximum absolute atomic E-state index is 12.3. The van der Waals surface area contributed by atoms with Gasteiger partial charge in [-0.2, -0.15) is 0 Å². The van der Waals surface area contributed by atoms with Crippen LogP contribution in [0.2, 0.25) is 0 Å². The first-order valence-electron chi connectivity index (χ1n) is 6.87. The molecule has 0 spiro atoms. The van der Waals surface area contributed by atoms with Crippen LogP contribution < -0.4 is 0 Å². The van der Waals surface area contributed by atoms with E-state index in [-0.39, 0.29) is 11.2 Å². The van der Waals surface area contributed by atoms with Crippen LogP contribution in [0.1, 0.15) is 34.1 Å². The van der Waals surface area contributed by atoms with Crippen LogP contribution >= 0.6 is 11.6 Å². The first-order chi connectivity index (χ1) is 9.75. The number of hydrogen-bond donors (Lipinski definition) is 0. The highest BCUT2D eigenvalue weighted by molar-refractivity contribution is 6.24. The molecule has 1 nitrogen and oxygen atoms in total. The number of carbonyl (C=O) groups excluding carboxylic acids is 1. The molecule has 0 N–H and O–H groups in total. The van der Waals surface area contributed by atoms with Crippen LogP contribution in [0.25, 0.3) is 21.5 Å². The summed E-state index contributed by atoms with van der Waals surface area (Å²) in [6.07, 6.45) is 1.29. The van der Waals surface area contributed by atoms with E-state index in [2.05, 4.69) is 30.3 Å². The third-order valence-electron chi connectivity index (χ3n) is 4.20. The number of halogens is 1. The third kappa shape index (κ3) is 1.60. The zero-order chi connectivity index (χ0) is 13.7. The molecule has 4 rings (SSSR count). The number of carbonyl (C=O) groups is 1. The number of ketones is 1. The molecule has 1 atom stereocenters. The van der Waals surface area contributed by atoms with E-state index in [0.717, 1.165) is 28.3 Å². The van der Waals surface area contributed by atoms with Crippen LogP contribution in [0.4, 0.5) is 0 Å². The molecule has 0 radical (unpaired) electrons. The largest absolute Gasteiger partial charge is 0.294 e. The minimum Gasteiger partial charge on any atom is -0.294 e. The summed E-state index contributed by atoms with van der Waals surface area (Å²) in [5.41, 5.74) is 1.82. The number of Topliss-reactive ketones (excluding diaryl/α,β-unsaturated/α-hetero) is 1. The van der Waals surface area contributed by atoms with Crippen LogP contribution in [-0.2, 0) is 0 Å². The number of rotatable bonds is 0. The fraction of sp³-hybridized carbons (Fsp3) is 0.167. The molecule has 0 bridgehead atoms. The van der Waals surface area contributed by atoms with Crippen LogP contribution in [0, 0.1) is 0 Å². The quantitative estimate of drug-likeness (QED) is 0.406. The molecule has 1 unspecified atom stereocenters. The van der Waals surface area contributed by atoms with E-state index in [1.54, 1.807) is 0 Å². The molecule has 20 heavy (non-hydrogen) atoms. The summed E-state index contributed by atoms with van der Waals surface area (Å²) in [5.74, 6) is 0.220. The average Bonchev–Trinajstić information content (AvgIpc) is 2.50. The summed E-state index contributed by atoms with van der Waals surface area (Å²) in [6, 6.07) is 16.5. The lowest BCUT2D eigenvalue weighted by atomic mass is 9.85. The van der Waals surface area contributed by atoms with Crippen molar-refractivity contribution in [2.75, 3.05) is 0 Å². The lowest BCUT2D eigenvalue weighted by molar-refractivity contribution is 0.0973. The van der Waals surface area contributed by atoms with E-state index in [0.29, 0.717) is 6.42 Å². The van der Waals surface area contributed by atoms with Gasteiger partial charge in [-0.25, -0.2) is 0 Å². The Morgan fingerprint density at radius 3 is 2.60 bits per heavy atom. The van der Waals surface area contributed by atoms with Crippen molar-refractivity contribution in [2.24, 2.45) is 0 Å². The maximum Gasteiger partial charge on any atom is 0.163 e. The predicted molar refractivity (Wildman–Crippen MR) is 83.6 cm³/mol. The molecule has 0 aromatic heterocycles. The van der Waals surface area contributed by atoms with Crippen LogP contribution in [0.5, 0.6) is 0 Å². The molecule has 0 saturated carbocycles. The van der Waals surface area contributed by atoms with Gasteiger partial charge in [0.05, 0.1) is 5.38 Å². The van der Waals surface area contributed by atoms with E-state index >= 15 is 0 Å². The molecule has 0 amide bonds. The number of alkyl halides is 1. The van der Waals surface area contributed by atoms with Gasteiger partial charge < -0.3 is 0 Å². The second kappa shape index (κ2) is 4.32. The van der Waals surface area contributed by atoms with Crippen molar-refractivity contribution in [1.82, 2.24) is 0 Å². The Morgan fingerprint density at radius 2 is 1.70 bits per heavy atom. The van der Waals surface area contributed by atoms with Crippen molar-refractivity contribution in [1.29, 1.82) is 0 Å². The Bertz CT molecular complexity index is 851.